The highest BCUT2D eigenvalue weighted by molar-refractivity contribution is 5.96. The van der Waals surface area contributed by atoms with Crippen LogP contribution < -0.4 is 26.2 Å². The number of nitrogens with one attached hydrogen (secondary N) is 1. The highest BCUT2D eigenvalue weighted by atomic mass is 16.6. The molecule has 3 heterocycles. The van der Waals surface area contributed by atoms with E-state index in [-0.39, 0.29) is 29.5 Å². The largest absolute Gasteiger partial charge is 0.493 e. The van der Waals surface area contributed by atoms with Gasteiger partial charge in [0.2, 0.25) is 5.95 Å². The Morgan fingerprint density at radius 2 is 1.91 bits per heavy atom. The lowest BCUT2D eigenvalue weighted by Crippen LogP contribution is -2.49. The van der Waals surface area contributed by atoms with Crippen molar-refractivity contribution >= 4 is 29.0 Å². The van der Waals surface area contributed by atoms with Gasteiger partial charge in [-0.25, -0.2) is 9.59 Å². The van der Waals surface area contributed by atoms with E-state index in [1.807, 2.05) is 25.7 Å². The fourth-order valence-corrected chi connectivity index (χ4v) is 5.29. The number of carbonyl (C=O) groups is 2. The average molecular weight is 605 g/mol. The summed E-state index contributed by atoms with van der Waals surface area (Å²) < 4.78 is 15.2. The monoisotopic (exact) mass is 604 g/mol. The molecule has 5 rings (SSSR count). The summed E-state index contributed by atoms with van der Waals surface area (Å²) in [6, 6.07) is 6.62. The number of benzene rings is 1. The van der Waals surface area contributed by atoms with E-state index < -0.39 is 29.5 Å². The van der Waals surface area contributed by atoms with Crippen LogP contribution in [0.1, 0.15) is 63.7 Å². The number of nitrogens with zero attached hydrogens (tertiary/aromatic N) is 5. The van der Waals surface area contributed by atoms with Crippen LogP contribution in [0.15, 0.2) is 33.9 Å². The molecule has 44 heavy (non-hydrogen) atoms. The van der Waals surface area contributed by atoms with Crippen molar-refractivity contribution in [2.75, 3.05) is 24.6 Å². The summed E-state index contributed by atoms with van der Waals surface area (Å²) in [6.45, 7) is 8.53. The number of ether oxygens (including phenoxy) is 2. The van der Waals surface area contributed by atoms with E-state index in [0.29, 0.717) is 42.9 Å². The number of aromatic nitrogens is 4. The van der Waals surface area contributed by atoms with Gasteiger partial charge in [-0.1, -0.05) is 18.1 Å². The zero-order chi connectivity index (χ0) is 31.6. The van der Waals surface area contributed by atoms with E-state index in [1.54, 1.807) is 35.8 Å². The van der Waals surface area contributed by atoms with Crippen molar-refractivity contribution in [3.05, 3.63) is 50.7 Å². The van der Waals surface area contributed by atoms with Crippen molar-refractivity contribution in [2.24, 2.45) is 13.0 Å². The third-order valence-corrected chi connectivity index (χ3v) is 7.69. The van der Waals surface area contributed by atoms with E-state index in [2.05, 4.69) is 17.2 Å². The van der Waals surface area contributed by atoms with Crippen LogP contribution in [0, 0.1) is 17.8 Å². The Kier molecular flexibility index (Phi) is 8.85. The predicted molar refractivity (Wildman–Crippen MR) is 166 cm³/mol. The van der Waals surface area contributed by atoms with Crippen LogP contribution in [-0.2, 0) is 24.9 Å². The van der Waals surface area contributed by atoms with Gasteiger partial charge in [0.05, 0.1) is 19.7 Å². The Hall–Kier alpha value is -4.53. The van der Waals surface area contributed by atoms with Crippen LogP contribution in [0.5, 0.6) is 5.75 Å². The standard InChI is InChI=1S/C32H40N6O6/c1-6-7-16-37-26-27(34-29(37)36-15-9-11-23(18-36)33-30(41)44-32(2,3)4)35(5)31(42)38(28(26)40)19-25(39)22-10-8-12-24(17-22)43-20-21-13-14-21/h8,10,12,17,21,23H,9,11,13-16,18-20H2,1-5H3,(H,33,41)/t23-/m1/s1. The molecule has 1 atom stereocenters. The molecule has 1 amide bonds. The lowest BCUT2D eigenvalue weighted by atomic mass is 10.1. The predicted octanol–water partition coefficient (Wildman–Crippen LogP) is 3.09. The molecule has 1 aromatic carbocycles. The maximum Gasteiger partial charge on any atom is 0.407 e. The molecule has 12 nitrogen and oxygen atoms in total. The summed E-state index contributed by atoms with van der Waals surface area (Å²) in [7, 11) is 1.53. The van der Waals surface area contributed by atoms with Crippen LogP contribution in [0.2, 0.25) is 0 Å². The molecule has 3 aromatic rings. The molecule has 2 fully saturated rings. The fraction of sp³-hybridized carbons (Fsp3) is 0.531. The number of fused-ring (bicyclic) bond motifs is 1. The Morgan fingerprint density at radius 3 is 2.61 bits per heavy atom. The zero-order valence-corrected chi connectivity index (χ0v) is 26.0. The molecule has 1 saturated heterocycles. The van der Waals surface area contributed by atoms with Crippen molar-refractivity contribution in [2.45, 2.75) is 78.1 Å². The first-order chi connectivity index (χ1) is 20.9. The third kappa shape index (κ3) is 6.98. The summed E-state index contributed by atoms with van der Waals surface area (Å²) in [6.07, 6.45) is 3.33. The molecular weight excluding hydrogens is 564 g/mol. The maximum absolute atomic E-state index is 13.9. The fourth-order valence-electron chi connectivity index (χ4n) is 5.29. The number of piperidine rings is 1. The Bertz CT molecular complexity index is 1750. The second kappa shape index (κ2) is 12.6. The third-order valence-electron chi connectivity index (χ3n) is 7.69. The van der Waals surface area contributed by atoms with Gasteiger partial charge in [0, 0.05) is 31.7 Å². The van der Waals surface area contributed by atoms with Gasteiger partial charge in [0.25, 0.3) is 5.56 Å². The number of hydrogen-bond donors (Lipinski definition) is 1. The SMILES string of the molecule is CC#CCn1c(N2CCC[C@@H](NC(=O)OC(C)(C)C)C2)nc2c1c(=O)n(CC(=O)c1cccc(OCC3CC3)c1)c(=O)n2C. The van der Waals surface area contributed by atoms with Crippen molar-refractivity contribution in [3.63, 3.8) is 0 Å². The molecule has 2 aliphatic rings. The van der Waals surface area contributed by atoms with Gasteiger partial charge in [-0.05, 0) is 71.4 Å². The molecule has 0 radical (unpaired) electrons. The lowest BCUT2D eigenvalue weighted by Gasteiger charge is -2.34. The number of imidazole rings is 1. The first-order valence-electron chi connectivity index (χ1n) is 15.1. The van der Waals surface area contributed by atoms with Gasteiger partial charge >= 0.3 is 11.8 Å². The number of carbonyl (C=O) groups excluding carboxylic acids is 2. The van der Waals surface area contributed by atoms with E-state index in [1.165, 1.54) is 11.6 Å². The molecular formula is C32H40N6O6. The van der Waals surface area contributed by atoms with Gasteiger partial charge in [0.15, 0.2) is 16.9 Å². The summed E-state index contributed by atoms with van der Waals surface area (Å²) >= 11 is 0. The number of rotatable bonds is 9. The summed E-state index contributed by atoms with van der Waals surface area (Å²) in [5, 5.41) is 2.93. The van der Waals surface area contributed by atoms with Crippen molar-refractivity contribution < 1.29 is 19.1 Å². The highest BCUT2D eigenvalue weighted by Gasteiger charge is 2.29. The van der Waals surface area contributed by atoms with Crippen LogP contribution >= 0.6 is 0 Å². The molecule has 0 unspecified atom stereocenters. The maximum atomic E-state index is 13.9. The minimum absolute atomic E-state index is 0.158. The van der Waals surface area contributed by atoms with E-state index in [0.717, 1.165) is 30.3 Å². The van der Waals surface area contributed by atoms with Crippen LogP contribution in [0.25, 0.3) is 11.2 Å². The topological polar surface area (TPSA) is 130 Å². The molecule has 0 bridgehead atoms. The van der Waals surface area contributed by atoms with E-state index in [9.17, 15) is 19.2 Å². The molecule has 0 spiro atoms. The highest BCUT2D eigenvalue weighted by Crippen LogP contribution is 2.30. The Balaban J connectivity index is 1.46. The number of aryl methyl sites for hydroxylation is 1. The summed E-state index contributed by atoms with van der Waals surface area (Å²) in [5.41, 5.74) is -1.14. The van der Waals surface area contributed by atoms with Gasteiger partial charge in [-0.3, -0.25) is 23.3 Å². The summed E-state index contributed by atoms with van der Waals surface area (Å²) in [4.78, 5) is 59.8. The molecule has 1 saturated carbocycles. The van der Waals surface area contributed by atoms with Gasteiger partial charge in [0.1, 0.15) is 11.4 Å². The average Bonchev–Trinajstić information content (AvgIpc) is 3.73. The number of Topliss-reactive ketones (excluding diaryl/α,β-unsaturated/α-hetero) is 1. The number of alkyl carbamates (subject to hydrolysis) is 1. The number of anilines is 1. The molecule has 1 aliphatic heterocycles. The molecule has 1 aliphatic carbocycles. The minimum atomic E-state index is -0.641. The second-order valence-electron chi connectivity index (χ2n) is 12.5. The van der Waals surface area contributed by atoms with Crippen molar-refractivity contribution in [1.82, 2.24) is 24.0 Å². The van der Waals surface area contributed by atoms with Gasteiger partial charge in [-0.2, -0.15) is 4.98 Å². The van der Waals surface area contributed by atoms with Crippen LogP contribution in [0.3, 0.4) is 0 Å². The van der Waals surface area contributed by atoms with Gasteiger partial charge < -0.3 is 19.7 Å². The normalized spacial score (nSPS) is 16.8. The molecule has 1 N–H and O–H groups in total. The smallest absolute Gasteiger partial charge is 0.407 e. The summed E-state index contributed by atoms with van der Waals surface area (Å²) in [5.74, 6) is 7.10. The molecule has 12 heteroatoms. The Labute approximate surface area is 256 Å². The first-order valence-corrected chi connectivity index (χ1v) is 15.1. The Morgan fingerprint density at radius 1 is 1.14 bits per heavy atom. The molecule has 2 aromatic heterocycles. The zero-order valence-electron chi connectivity index (χ0n) is 26.0. The number of hydrogen-bond acceptors (Lipinski definition) is 8. The molecule has 234 valence electrons. The second-order valence-corrected chi connectivity index (χ2v) is 12.5. The first kappa shape index (κ1) is 30.9. The van der Waals surface area contributed by atoms with Crippen molar-refractivity contribution in [3.8, 4) is 17.6 Å². The van der Waals surface area contributed by atoms with Crippen LogP contribution in [-0.4, -0.2) is 61.9 Å². The van der Waals surface area contributed by atoms with Gasteiger partial charge in [-0.15, -0.1) is 5.92 Å². The number of ketones is 1. The van der Waals surface area contributed by atoms with Crippen molar-refractivity contribution in [1.29, 1.82) is 0 Å². The van der Waals surface area contributed by atoms with Crippen LogP contribution in [0.4, 0.5) is 10.7 Å². The minimum Gasteiger partial charge on any atom is -0.493 e. The number of amides is 1. The quantitative estimate of drug-likeness (QED) is 0.292. The lowest BCUT2D eigenvalue weighted by molar-refractivity contribution is 0.0499. The van der Waals surface area contributed by atoms with E-state index in [4.69, 9.17) is 14.5 Å². The van der Waals surface area contributed by atoms with E-state index >= 15 is 0 Å².